The van der Waals surface area contributed by atoms with Crippen molar-refractivity contribution in [1.29, 1.82) is 0 Å². The number of ether oxygens (including phenoxy) is 1. The van der Waals surface area contributed by atoms with Gasteiger partial charge in [0.15, 0.2) is 0 Å². The summed E-state index contributed by atoms with van der Waals surface area (Å²) in [7, 11) is 0. The van der Waals surface area contributed by atoms with Crippen LogP contribution < -0.4 is 5.73 Å². The predicted octanol–water partition coefficient (Wildman–Crippen LogP) is 1.30. The average molecular weight is 269 g/mol. The highest BCUT2D eigenvalue weighted by atomic mass is 16.5. The molecule has 0 spiro atoms. The van der Waals surface area contributed by atoms with E-state index in [1.807, 2.05) is 0 Å². The first-order valence-corrected chi connectivity index (χ1v) is 7.76. The lowest BCUT2D eigenvalue weighted by Gasteiger charge is -2.45. The molecule has 2 aliphatic rings. The zero-order valence-electron chi connectivity index (χ0n) is 13.1. The minimum Gasteiger partial charge on any atom is -0.374 e. The third kappa shape index (κ3) is 3.69. The van der Waals surface area contributed by atoms with Gasteiger partial charge >= 0.3 is 0 Å². The predicted molar refractivity (Wildman–Crippen MR) is 79.3 cm³/mol. The quantitative estimate of drug-likeness (QED) is 0.838. The third-order valence-corrected chi connectivity index (χ3v) is 4.67. The Morgan fingerprint density at radius 1 is 1.16 bits per heavy atom. The van der Waals surface area contributed by atoms with Crippen LogP contribution in [0.2, 0.25) is 0 Å². The third-order valence-electron chi connectivity index (χ3n) is 4.67. The van der Waals surface area contributed by atoms with Crippen molar-refractivity contribution in [2.24, 2.45) is 5.73 Å². The topological polar surface area (TPSA) is 41.7 Å². The van der Waals surface area contributed by atoms with E-state index in [0.29, 0.717) is 24.8 Å². The molecule has 0 aromatic rings. The monoisotopic (exact) mass is 269 g/mol. The average Bonchev–Trinajstić information content (AvgIpc) is 2.76. The van der Waals surface area contributed by atoms with E-state index in [-0.39, 0.29) is 5.54 Å². The van der Waals surface area contributed by atoms with Crippen LogP contribution in [0, 0.1) is 0 Å². The molecule has 0 aliphatic carbocycles. The Labute approximate surface area is 118 Å². The van der Waals surface area contributed by atoms with Crippen molar-refractivity contribution < 1.29 is 4.74 Å². The van der Waals surface area contributed by atoms with Crippen LogP contribution in [0.4, 0.5) is 0 Å². The van der Waals surface area contributed by atoms with E-state index in [0.717, 1.165) is 26.2 Å². The van der Waals surface area contributed by atoms with Crippen LogP contribution in [-0.4, -0.2) is 66.3 Å². The fourth-order valence-corrected chi connectivity index (χ4v) is 3.38. The summed E-state index contributed by atoms with van der Waals surface area (Å²) < 4.78 is 6.03. The maximum Gasteiger partial charge on any atom is 0.0747 e. The molecule has 2 N–H and O–H groups in total. The van der Waals surface area contributed by atoms with Gasteiger partial charge in [0.25, 0.3) is 0 Å². The smallest absolute Gasteiger partial charge is 0.0747 e. The maximum atomic E-state index is 6.03. The van der Waals surface area contributed by atoms with E-state index < -0.39 is 0 Å². The highest BCUT2D eigenvalue weighted by molar-refractivity contribution is 4.90. The number of rotatable bonds is 3. The lowest BCUT2D eigenvalue weighted by atomic mass is 10.0. The van der Waals surface area contributed by atoms with Gasteiger partial charge in [-0.2, -0.15) is 0 Å². The van der Waals surface area contributed by atoms with Crippen LogP contribution in [0.3, 0.4) is 0 Å². The van der Waals surface area contributed by atoms with Crippen molar-refractivity contribution in [3.05, 3.63) is 0 Å². The van der Waals surface area contributed by atoms with Crippen molar-refractivity contribution in [2.75, 3.05) is 32.7 Å². The highest BCUT2D eigenvalue weighted by Gasteiger charge is 2.35. The summed E-state index contributed by atoms with van der Waals surface area (Å²) in [5.41, 5.74) is 6.29. The van der Waals surface area contributed by atoms with Crippen molar-refractivity contribution in [1.82, 2.24) is 9.80 Å². The molecule has 0 aromatic heterocycles. The minimum atomic E-state index is 0.280. The van der Waals surface area contributed by atoms with Gasteiger partial charge in [0, 0.05) is 44.3 Å². The molecule has 2 saturated heterocycles. The van der Waals surface area contributed by atoms with Crippen LogP contribution in [0.15, 0.2) is 0 Å². The molecule has 3 unspecified atom stereocenters. The Morgan fingerprint density at radius 3 is 2.21 bits per heavy atom. The Kier molecular flexibility index (Phi) is 4.88. The summed E-state index contributed by atoms with van der Waals surface area (Å²) in [6, 6.07) is 0.409. The second kappa shape index (κ2) is 6.08. The highest BCUT2D eigenvalue weighted by Crippen LogP contribution is 2.25. The Bertz CT molecular complexity index is 282. The largest absolute Gasteiger partial charge is 0.374 e. The van der Waals surface area contributed by atoms with Gasteiger partial charge < -0.3 is 10.5 Å². The van der Waals surface area contributed by atoms with Gasteiger partial charge in [-0.05, 0) is 40.5 Å². The summed E-state index contributed by atoms with van der Waals surface area (Å²) in [6.45, 7) is 14.3. The number of piperazine rings is 1. The van der Waals surface area contributed by atoms with Gasteiger partial charge in [-0.1, -0.05) is 0 Å². The summed E-state index contributed by atoms with van der Waals surface area (Å²) >= 11 is 0. The molecule has 2 heterocycles. The SMILES string of the molecule is CC1CCC(C(CN)N2CCN(C(C)(C)C)CC2)O1. The summed E-state index contributed by atoms with van der Waals surface area (Å²) in [5, 5.41) is 0. The Hall–Kier alpha value is -0.160. The van der Waals surface area contributed by atoms with Crippen molar-refractivity contribution >= 4 is 0 Å². The van der Waals surface area contributed by atoms with E-state index in [4.69, 9.17) is 10.5 Å². The second-order valence-electron chi connectivity index (χ2n) is 7.06. The molecule has 4 nitrogen and oxygen atoms in total. The van der Waals surface area contributed by atoms with Crippen molar-refractivity contribution in [3.63, 3.8) is 0 Å². The van der Waals surface area contributed by atoms with Crippen LogP contribution >= 0.6 is 0 Å². The molecule has 2 rings (SSSR count). The molecule has 19 heavy (non-hydrogen) atoms. The van der Waals surface area contributed by atoms with E-state index in [2.05, 4.69) is 37.5 Å². The molecular formula is C15H31N3O. The molecule has 112 valence electrons. The van der Waals surface area contributed by atoms with Crippen LogP contribution in [-0.2, 0) is 4.74 Å². The lowest BCUT2D eigenvalue weighted by Crippen LogP contribution is -2.59. The normalized spacial score (nSPS) is 32.7. The molecule has 0 radical (unpaired) electrons. The fourth-order valence-electron chi connectivity index (χ4n) is 3.38. The summed E-state index contributed by atoms with van der Waals surface area (Å²) in [4.78, 5) is 5.11. The zero-order chi connectivity index (χ0) is 14.0. The minimum absolute atomic E-state index is 0.280. The molecular weight excluding hydrogens is 238 g/mol. The van der Waals surface area contributed by atoms with Gasteiger partial charge in [0.2, 0.25) is 0 Å². The summed E-state index contributed by atoms with van der Waals surface area (Å²) in [5.74, 6) is 0. The number of hydrogen-bond acceptors (Lipinski definition) is 4. The molecule has 3 atom stereocenters. The number of hydrogen-bond donors (Lipinski definition) is 1. The standard InChI is InChI=1S/C15H31N3O/c1-12-5-6-14(19-12)13(11-16)17-7-9-18(10-8-17)15(2,3)4/h12-14H,5-11,16H2,1-4H3. The Morgan fingerprint density at radius 2 is 1.79 bits per heavy atom. The number of nitrogens with zero attached hydrogens (tertiary/aromatic N) is 2. The van der Waals surface area contributed by atoms with Crippen LogP contribution in [0.25, 0.3) is 0 Å². The van der Waals surface area contributed by atoms with Gasteiger partial charge in [-0.3, -0.25) is 9.80 Å². The Balaban J connectivity index is 1.88. The van der Waals surface area contributed by atoms with E-state index >= 15 is 0 Å². The van der Waals surface area contributed by atoms with Gasteiger partial charge in [-0.15, -0.1) is 0 Å². The molecule has 4 heteroatoms. The van der Waals surface area contributed by atoms with Crippen LogP contribution in [0.1, 0.15) is 40.5 Å². The molecule has 0 amide bonds. The molecule has 0 bridgehead atoms. The molecule has 0 aromatic carbocycles. The number of nitrogens with two attached hydrogens (primary N) is 1. The van der Waals surface area contributed by atoms with E-state index in [9.17, 15) is 0 Å². The van der Waals surface area contributed by atoms with Gasteiger partial charge in [-0.25, -0.2) is 0 Å². The van der Waals surface area contributed by atoms with Crippen molar-refractivity contribution in [2.45, 2.75) is 64.3 Å². The first-order valence-electron chi connectivity index (χ1n) is 7.76. The van der Waals surface area contributed by atoms with Crippen LogP contribution in [0.5, 0.6) is 0 Å². The van der Waals surface area contributed by atoms with E-state index in [1.54, 1.807) is 0 Å². The van der Waals surface area contributed by atoms with Gasteiger partial charge in [0.05, 0.1) is 12.2 Å². The lowest BCUT2D eigenvalue weighted by molar-refractivity contribution is -0.0282. The first-order chi connectivity index (χ1) is 8.91. The molecule has 2 fully saturated rings. The molecule has 2 aliphatic heterocycles. The fraction of sp³-hybridized carbons (Fsp3) is 1.00. The maximum absolute atomic E-state index is 6.03. The zero-order valence-corrected chi connectivity index (χ0v) is 13.1. The summed E-state index contributed by atoms with van der Waals surface area (Å²) in [6.07, 6.45) is 3.11. The van der Waals surface area contributed by atoms with Gasteiger partial charge in [0.1, 0.15) is 0 Å². The van der Waals surface area contributed by atoms with E-state index in [1.165, 1.54) is 12.8 Å². The first kappa shape index (κ1) is 15.2. The second-order valence-corrected chi connectivity index (χ2v) is 7.06. The molecule has 0 saturated carbocycles. The van der Waals surface area contributed by atoms with Crippen molar-refractivity contribution in [3.8, 4) is 0 Å².